The third-order valence-electron chi connectivity index (χ3n) is 5.32. The van der Waals surface area contributed by atoms with Gasteiger partial charge < -0.3 is 5.11 Å². The monoisotopic (exact) mass is 369 g/mol. The molecule has 0 radical (unpaired) electrons. The van der Waals surface area contributed by atoms with Crippen LogP contribution in [0.2, 0.25) is 0 Å². The first kappa shape index (κ1) is 16.3. The largest absolute Gasteiger partial charge is 0.396 e. The number of halogens is 1. The van der Waals surface area contributed by atoms with Crippen LogP contribution in [0, 0.1) is 5.92 Å². The fourth-order valence-electron chi connectivity index (χ4n) is 4.19. The second-order valence-corrected chi connectivity index (χ2v) is 9.27. The predicted molar refractivity (Wildman–Crippen MR) is 90.9 cm³/mol. The van der Waals surface area contributed by atoms with Crippen molar-refractivity contribution in [2.24, 2.45) is 5.92 Å². The van der Waals surface area contributed by atoms with Gasteiger partial charge in [0.15, 0.2) is 0 Å². The Morgan fingerprint density at radius 1 is 1.42 bits per heavy atom. The molecule has 0 aromatic carbocycles. The molecule has 2 aliphatic heterocycles. The molecule has 1 aromatic rings. The summed E-state index contributed by atoms with van der Waals surface area (Å²) in [6, 6.07) is -0.389. The molecule has 0 amide bonds. The average Bonchev–Trinajstić information content (AvgIpc) is 3.02. The molecule has 1 saturated heterocycles. The predicted octanol–water partition coefficient (Wildman–Crippen LogP) is 1.86. The number of piperidine rings is 1. The number of hydrogen-bond acceptors (Lipinski definition) is 4. The fraction of sp³-hybridized carbons (Fsp3) is 0.562. The first-order chi connectivity index (χ1) is 11.5. The third kappa shape index (κ3) is 2.54. The summed E-state index contributed by atoms with van der Waals surface area (Å²) in [6.07, 6.45) is 9.19. The van der Waals surface area contributed by atoms with Gasteiger partial charge in [0, 0.05) is 35.9 Å². The van der Waals surface area contributed by atoms with E-state index in [0.717, 1.165) is 11.3 Å². The minimum atomic E-state index is -3.50. The van der Waals surface area contributed by atoms with Crippen LogP contribution in [-0.2, 0) is 16.4 Å². The molecule has 6 nitrogen and oxygen atoms in total. The number of hydrogen-bond donors (Lipinski definition) is 2. The maximum absolute atomic E-state index is 13.3. The summed E-state index contributed by atoms with van der Waals surface area (Å²) in [5.74, 6) is 0.130. The van der Waals surface area contributed by atoms with Gasteiger partial charge in [0.25, 0.3) is 0 Å². The van der Waals surface area contributed by atoms with Crippen molar-refractivity contribution in [2.75, 3.05) is 6.61 Å². The van der Waals surface area contributed by atoms with Crippen molar-refractivity contribution in [3.8, 4) is 0 Å². The first-order valence-corrected chi connectivity index (χ1v) is 10.1. The van der Waals surface area contributed by atoms with Crippen LogP contribution in [0.5, 0.6) is 0 Å². The molecule has 4 rings (SSSR count). The Bertz CT molecular complexity index is 801. The Balaban J connectivity index is 1.71. The lowest BCUT2D eigenvalue weighted by Gasteiger charge is -2.47. The van der Waals surface area contributed by atoms with Crippen molar-refractivity contribution >= 4 is 21.6 Å². The molecule has 3 aliphatic rings. The second kappa shape index (κ2) is 5.98. The van der Waals surface area contributed by atoms with Crippen molar-refractivity contribution in [3.63, 3.8) is 0 Å². The van der Waals surface area contributed by atoms with Crippen LogP contribution in [0.25, 0.3) is 0 Å². The smallest absolute Gasteiger partial charge is 0.221 e. The van der Waals surface area contributed by atoms with Crippen LogP contribution >= 0.6 is 11.6 Å². The molecule has 3 heterocycles. The zero-order chi connectivity index (χ0) is 16.9. The van der Waals surface area contributed by atoms with E-state index in [-0.39, 0.29) is 24.6 Å². The van der Waals surface area contributed by atoms with Crippen molar-refractivity contribution < 1.29 is 13.5 Å². The Kier molecular flexibility index (Phi) is 4.07. The zero-order valence-corrected chi connectivity index (χ0v) is 14.7. The van der Waals surface area contributed by atoms with E-state index in [4.69, 9.17) is 11.6 Å². The van der Waals surface area contributed by atoms with E-state index in [9.17, 15) is 13.5 Å². The highest BCUT2D eigenvalue weighted by Gasteiger charge is 2.49. The fourth-order valence-corrected chi connectivity index (χ4v) is 6.41. The lowest BCUT2D eigenvalue weighted by atomic mass is 9.80. The van der Waals surface area contributed by atoms with Crippen molar-refractivity contribution in [1.29, 1.82) is 0 Å². The van der Waals surface area contributed by atoms with Gasteiger partial charge in [-0.1, -0.05) is 23.8 Å². The highest BCUT2D eigenvalue weighted by Crippen LogP contribution is 2.46. The van der Waals surface area contributed by atoms with Crippen LogP contribution in [0.1, 0.15) is 36.6 Å². The van der Waals surface area contributed by atoms with Gasteiger partial charge in [0.1, 0.15) is 0 Å². The van der Waals surface area contributed by atoms with Crippen molar-refractivity contribution in [2.45, 2.75) is 43.0 Å². The summed E-state index contributed by atoms with van der Waals surface area (Å²) in [5.41, 5.74) is 1.90. The number of allylic oxidation sites excluding steroid dienone is 3. The number of fused-ring (bicyclic) bond motifs is 4. The Hall–Kier alpha value is -1.15. The minimum Gasteiger partial charge on any atom is -0.396 e. The third-order valence-corrected chi connectivity index (χ3v) is 7.86. The molecule has 2 N–H and O–H groups in total. The van der Waals surface area contributed by atoms with Gasteiger partial charge in [-0.2, -0.15) is 9.40 Å². The van der Waals surface area contributed by atoms with Gasteiger partial charge in [0.05, 0.1) is 17.0 Å². The summed E-state index contributed by atoms with van der Waals surface area (Å²) >= 11 is 5.93. The molecule has 1 aliphatic carbocycles. The normalized spacial score (nSPS) is 33.2. The Labute approximate surface area is 146 Å². The van der Waals surface area contributed by atoms with Gasteiger partial charge in [0.2, 0.25) is 10.0 Å². The van der Waals surface area contributed by atoms with Crippen LogP contribution < -0.4 is 0 Å². The molecule has 0 spiro atoms. The Morgan fingerprint density at radius 3 is 2.96 bits per heavy atom. The summed E-state index contributed by atoms with van der Waals surface area (Å²) in [4.78, 5) is 0. The second-order valence-electron chi connectivity index (χ2n) is 6.78. The van der Waals surface area contributed by atoms with E-state index >= 15 is 0 Å². The van der Waals surface area contributed by atoms with E-state index in [0.29, 0.717) is 30.7 Å². The van der Waals surface area contributed by atoms with Crippen LogP contribution in [0.15, 0.2) is 29.5 Å². The number of sulfonamides is 1. The number of nitrogens with zero attached hydrogens (tertiary/aromatic N) is 2. The molecule has 1 fully saturated rings. The topological polar surface area (TPSA) is 86.3 Å². The quantitative estimate of drug-likeness (QED) is 0.851. The number of aliphatic hydroxyl groups is 1. The zero-order valence-electron chi connectivity index (χ0n) is 13.1. The standard InChI is InChI=1S/C16H20ClN3O3S/c17-11-1-3-13(4-2-11)24(22,23)20-12-5-10(9-21)6-16(20)14-8-18-19-15(14)7-12/h1-3,8,10,12-13,16,21H,4-7,9H2,(H,18,19). The number of aromatic nitrogens is 2. The molecule has 130 valence electrons. The number of H-pyrrole nitrogens is 1. The van der Waals surface area contributed by atoms with E-state index < -0.39 is 15.3 Å². The van der Waals surface area contributed by atoms with Gasteiger partial charge in [-0.15, -0.1) is 0 Å². The van der Waals surface area contributed by atoms with Gasteiger partial charge in [-0.3, -0.25) is 5.10 Å². The van der Waals surface area contributed by atoms with E-state index in [1.54, 1.807) is 28.7 Å². The highest BCUT2D eigenvalue weighted by atomic mass is 35.5. The number of aliphatic hydroxyl groups excluding tert-OH is 1. The molecule has 8 heteroatoms. The van der Waals surface area contributed by atoms with E-state index in [1.807, 2.05) is 0 Å². The number of nitrogens with one attached hydrogen (secondary N) is 1. The SMILES string of the molecule is O=S(=O)(C1C=CC(Cl)=CC1)N1C2Cc3n[nH]cc3C1CC(CO)C2. The van der Waals surface area contributed by atoms with Gasteiger partial charge in [-0.05, 0) is 31.3 Å². The van der Waals surface area contributed by atoms with Crippen molar-refractivity contribution in [1.82, 2.24) is 14.5 Å². The maximum Gasteiger partial charge on any atom is 0.221 e. The van der Waals surface area contributed by atoms with Gasteiger partial charge in [-0.25, -0.2) is 8.42 Å². The molecular weight excluding hydrogens is 350 g/mol. The molecule has 0 saturated carbocycles. The molecule has 1 aromatic heterocycles. The Morgan fingerprint density at radius 2 is 2.25 bits per heavy atom. The molecule has 2 bridgehead atoms. The number of rotatable bonds is 3. The summed E-state index contributed by atoms with van der Waals surface area (Å²) in [6.45, 7) is 0.0930. The molecule has 4 atom stereocenters. The minimum absolute atomic E-state index is 0.0930. The molecule has 24 heavy (non-hydrogen) atoms. The van der Waals surface area contributed by atoms with E-state index in [2.05, 4.69) is 10.2 Å². The van der Waals surface area contributed by atoms with Crippen LogP contribution in [0.4, 0.5) is 0 Å². The summed E-state index contributed by atoms with van der Waals surface area (Å²) < 4.78 is 28.3. The molecule has 4 unspecified atom stereocenters. The number of aromatic amines is 1. The average molecular weight is 370 g/mol. The van der Waals surface area contributed by atoms with Crippen LogP contribution in [0.3, 0.4) is 0 Å². The highest BCUT2D eigenvalue weighted by molar-refractivity contribution is 7.89. The lowest BCUT2D eigenvalue weighted by molar-refractivity contribution is 0.0809. The molecular formula is C16H20ClN3O3S. The summed E-state index contributed by atoms with van der Waals surface area (Å²) in [7, 11) is -3.50. The van der Waals surface area contributed by atoms with Crippen LogP contribution in [-0.4, -0.2) is 45.9 Å². The van der Waals surface area contributed by atoms with Gasteiger partial charge >= 0.3 is 0 Å². The summed E-state index contributed by atoms with van der Waals surface area (Å²) in [5, 5.41) is 16.7. The maximum atomic E-state index is 13.3. The first-order valence-electron chi connectivity index (χ1n) is 8.20. The van der Waals surface area contributed by atoms with Crippen molar-refractivity contribution in [3.05, 3.63) is 40.7 Å². The lowest BCUT2D eigenvalue weighted by Crippen LogP contribution is -2.54. The van der Waals surface area contributed by atoms with E-state index in [1.165, 1.54) is 0 Å².